The van der Waals surface area contributed by atoms with Crippen LogP contribution in [0.5, 0.6) is 0 Å². The number of carbonyl (C=O) groups is 1. The largest absolute Gasteiger partial charge is 0.419 e. The molecule has 0 N–H and O–H groups in total. The minimum atomic E-state index is -4.90. The molecule has 1 amide bonds. The zero-order valence-electron chi connectivity index (χ0n) is 15.1. The van der Waals surface area contributed by atoms with E-state index in [4.69, 9.17) is 4.42 Å². The predicted molar refractivity (Wildman–Crippen MR) is 87.2 cm³/mol. The summed E-state index contributed by atoms with van der Waals surface area (Å²) >= 11 is 0. The predicted octanol–water partition coefficient (Wildman–Crippen LogP) is 4.08. The van der Waals surface area contributed by atoms with Gasteiger partial charge in [0, 0.05) is 12.0 Å². The average Bonchev–Trinajstić information content (AvgIpc) is 3.25. The minimum Gasteiger partial charge on any atom is -0.407 e. The van der Waals surface area contributed by atoms with E-state index in [1.54, 1.807) is 0 Å². The van der Waals surface area contributed by atoms with Gasteiger partial charge in [0.2, 0.25) is 5.89 Å². The molecule has 1 heterocycles. The van der Waals surface area contributed by atoms with Crippen molar-refractivity contribution in [2.24, 2.45) is 10.9 Å². The maximum Gasteiger partial charge on any atom is 0.419 e. The standard InChI is InChI=1S/C18H19F4N3O2/c1-17(2,3)15-24-25(9-10-7-8-10)16(27-15)23-14(26)11-5-4-6-12(13(11)19)18(20,21)22/h4-6,10H,7-9H2,1-3H3. The van der Waals surface area contributed by atoms with Crippen molar-refractivity contribution in [2.75, 3.05) is 0 Å². The van der Waals surface area contributed by atoms with E-state index in [0.29, 0.717) is 24.4 Å². The lowest BCUT2D eigenvalue weighted by Gasteiger charge is -2.10. The van der Waals surface area contributed by atoms with E-state index in [2.05, 4.69) is 10.1 Å². The van der Waals surface area contributed by atoms with Crippen molar-refractivity contribution >= 4 is 5.91 Å². The first-order chi connectivity index (χ1) is 12.5. The fourth-order valence-electron chi connectivity index (χ4n) is 2.42. The third kappa shape index (κ3) is 4.28. The quantitative estimate of drug-likeness (QED) is 0.748. The molecule has 1 aliphatic carbocycles. The fourth-order valence-corrected chi connectivity index (χ4v) is 2.42. The lowest BCUT2D eigenvalue weighted by Crippen LogP contribution is -2.21. The molecule has 27 heavy (non-hydrogen) atoms. The Kier molecular flexibility index (Phi) is 4.73. The third-order valence-corrected chi connectivity index (χ3v) is 4.12. The van der Waals surface area contributed by atoms with Gasteiger partial charge < -0.3 is 4.42 Å². The van der Waals surface area contributed by atoms with Crippen molar-refractivity contribution in [1.82, 2.24) is 9.78 Å². The number of alkyl halides is 3. The summed E-state index contributed by atoms with van der Waals surface area (Å²) in [4.78, 5) is 16.1. The summed E-state index contributed by atoms with van der Waals surface area (Å²) in [6.45, 7) is 6.06. The highest BCUT2D eigenvalue weighted by Crippen LogP contribution is 2.32. The van der Waals surface area contributed by atoms with Gasteiger partial charge in [-0.2, -0.15) is 18.2 Å². The Hall–Kier alpha value is -2.45. The van der Waals surface area contributed by atoms with E-state index in [-0.39, 0.29) is 5.68 Å². The Balaban J connectivity index is 2.04. The SMILES string of the molecule is CC(C)(C)c1nn(CC2CC2)c(=NC(=O)c2cccc(C(F)(F)F)c2F)o1. The maximum absolute atomic E-state index is 14.2. The number of hydrogen-bond acceptors (Lipinski definition) is 3. The van der Waals surface area contributed by atoms with E-state index in [1.165, 1.54) is 4.68 Å². The Labute approximate surface area is 152 Å². The molecule has 3 rings (SSSR count). The molecule has 0 unspecified atom stereocenters. The summed E-state index contributed by atoms with van der Waals surface area (Å²) in [6, 6.07) is 2.50. The molecule has 2 aromatic rings. The molecular weight excluding hydrogens is 366 g/mol. The van der Waals surface area contributed by atoms with Gasteiger partial charge in [0.05, 0.1) is 11.1 Å². The average molecular weight is 385 g/mol. The van der Waals surface area contributed by atoms with Crippen molar-refractivity contribution in [3.63, 3.8) is 0 Å². The first-order valence-corrected chi connectivity index (χ1v) is 8.50. The Bertz CT molecular complexity index is 931. The van der Waals surface area contributed by atoms with Gasteiger partial charge in [-0.3, -0.25) is 4.79 Å². The highest BCUT2D eigenvalue weighted by molar-refractivity contribution is 5.95. The molecule has 0 spiro atoms. The number of hydrogen-bond donors (Lipinski definition) is 0. The van der Waals surface area contributed by atoms with Crippen LogP contribution < -0.4 is 5.68 Å². The zero-order valence-corrected chi connectivity index (χ0v) is 15.1. The van der Waals surface area contributed by atoms with Crippen molar-refractivity contribution in [1.29, 1.82) is 0 Å². The number of halogens is 4. The van der Waals surface area contributed by atoms with Gasteiger partial charge in [-0.05, 0) is 30.9 Å². The summed E-state index contributed by atoms with van der Waals surface area (Å²) in [6.07, 6.45) is -2.88. The molecule has 146 valence electrons. The summed E-state index contributed by atoms with van der Waals surface area (Å²) in [5.74, 6) is -2.08. The molecular formula is C18H19F4N3O2. The summed E-state index contributed by atoms with van der Waals surface area (Å²) in [7, 11) is 0. The van der Waals surface area contributed by atoms with E-state index in [1.807, 2.05) is 20.8 Å². The number of carbonyl (C=O) groups excluding carboxylic acids is 1. The van der Waals surface area contributed by atoms with Crippen molar-refractivity contribution in [3.05, 3.63) is 46.7 Å². The molecule has 1 aromatic heterocycles. The van der Waals surface area contributed by atoms with Crippen LogP contribution in [0.4, 0.5) is 17.6 Å². The van der Waals surface area contributed by atoms with Crippen LogP contribution in [0, 0.1) is 11.7 Å². The van der Waals surface area contributed by atoms with E-state index < -0.39 is 34.4 Å². The van der Waals surface area contributed by atoms with Crippen molar-refractivity contribution < 1.29 is 26.8 Å². The molecule has 1 aliphatic rings. The van der Waals surface area contributed by atoms with Gasteiger partial charge >= 0.3 is 11.9 Å². The molecule has 0 atom stereocenters. The number of amides is 1. The third-order valence-electron chi connectivity index (χ3n) is 4.12. The summed E-state index contributed by atoms with van der Waals surface area (Å²) < 4.78 is 59.7. The van der Waals surface area contributed by atoms with E-state index in [9.17, 15) is 22.4 Å². The summed E-state index contributed by atoms with van der Waals surface area (Å²) in [5.41, 5.74) is -2.88. The van der Waals surface area contributed by atoms with Gasteiger partial charge in [-0.25, -0.2) is 9.07 Å². The minimum absolute atomic E-state index is 0.145. The van der Waals surface area contributed by atoms with Crippen LogP contribution in [0.1, 0.15) is 55.4 Å². The zero-order chi connectivity index (χ0) is 20.0. The molecule has 0 aliphatic heterocycles. The van der Waals surface area contributed by atoms with E-state index in [0.717, 1.165) is 25.0 Å². The first kappa shape index (κ1) is 19.3. The fraction of sp³-hybridized carbons (Fsp3) is 0.500. The smallest absolute Gasteiger partial charge is 0.407 e. The second-order valence-corrected chi connectivity index (χ2v) is 7.65. The van der Waals surface area contributed by atoms with Gasteiger partial charge in [0.15, 0.2) is 0 Å². The highest BCUT2D eigenvalue weighted by Gasteiger charge is 2.36. The number of aromatic nitrogens is 2. The summed E-state index contributed by atoms with van der Waals surface area (Å²) in [5, 5.41) is 4.32. The van der Waals surface area contributed by atoms with Crippen LogP contribution in [0.2, 0.25) is 0 Å². The Morgan fingerprint density at radius 1 is 1.30 bits per heavy atom. The van der Waals surface area contributed by atoms with Gasteiger partial charge in [0.1, 0.15) is 5.82 Å². The van der Waals surface area contributed by atoms with Gasteiger partial charge in [-0.15, -0.1) is 5.10 Å². The van der Waals surface area contributed by atoms with Crippen LogP contribution in [-0.4, -0.2) is 15.7 Å². The van der Waals surface area contributed by atoms with Crippen LogP contribution in [0.3, 0.4) is 0 Å². The normalized spacial score (nSPS) is 16.0. The second-order valence-electron chi connectivity index (χ2n) is 7.65. The highest BCUT2D eigenvalue weighted by atomic mass is 19.4. The van der Waals surface area contributed by atoms with Crippen molar-refractivity contribution in [2.45, 2.75) is 51.7 Å². The number of benzene rings is 1. The van der Waals surface area contributed by atoms with Gasteiger partial charge in [0.25, 0.3) is 5.91 Å². The molecule has 1 saturated carbocycles. The van der Waals surface area contributed by atoms with Crippen LogP contribution in [-0.2, 0) is 18.1 Å². The van der Waals surface area contributed by atoms with Crippen LogP contribution in [0.15, 0.2) is 27.6 Å². The number of rotatable bonds is 3. The van der Waals surface area contributed by atoms with Crippen LogP contribution >= 0.6 is 0 Å². The molecule has 5 nitrogen and oxygen atoms in total. The molecule has 0 radical (unpaired) electrons. The Morgan fingerprint density at radius 3 is 2.52 bits per heavy atom. The van der Waals surface area contributed by atoms with E-state index >= 15 is 0 Å². The molecule has 0 bridgehead atoms. The topological polar surface area (TPSA) is 60.4 Å². The number of nitrogens with zero attached hydrogens (tertiary/aromatic N) is 3. The van der Waals surface area contributed by atoms with Crippen LogP contribution in [0.25, 0.3) is 0 Å². The second kappa shape index (κ2) is 6.61. The lowest BCUT2D eigenvalue weighted by molar-refractivity contribution is -0.140. The van der Waals surface area contributed by atoms with Gasteiger partial charge in [-0.1, -0.05) is 26.8 Å². The monoisotopic (exact) mass is 385 g/mol. The first-order valence-electron chi connectivity index (χ1n) is 8.50. The Morgan fingerprint density at radius 2 is 1.96 bits per heavy atom. The molecule has 1 aromatic carbocycles. The maximum atomic E-state index is 14.2. The molecule has 0 saturated heterocycles. The lowest BCUT2D eigenvalue weighted by atomic mass is 9.97. The van der Waals surface area contributed by atoms with Crippen molar-refractivity contribution in [3.8, 4) is 0 Å². The molecule has 9 heteroatoms. The molecule has 1 fully saturated rings.